The molecule has 0 spiro atoms. The molecule has 2 saturated heterocycles. The fourth-order valence-corrected chi connectivity index (χ4v) is 3.86. The molecule has 1 aromatic rings. The molecule has 2 fully saturated rings. The first-order chi connectivity index (χ1) is 12.1. The summed E-state index contributed by atoms with van der Waals surface area (Å²) in [6, 6.07) is 4.02. The van der Waals surface area contributed by atoms with E-state index in [-0.39, 0.29) is 6.03 Å². The van der Waals surface area contributed by atoms with E-state index in [9.17, 15) is 4.79 Å². The lowest BCUT2D eigenvalue weighted by molar-refractivity contribution is 0.186. The molecule has 2 aliphatic rings. The molecular formula is C19H29N3O3. The minimum absolute atomic E-state index is 0.0167. The van der Waals surface area contributed by atoms with Crippen LogP contribution in [0.5, 0.6) is 11.5 Å². The van der Waals surface area contributed by atoms with Gasteiger partial charge in [0.15, 0.2) is 11.5 Å². The number of urea groups is 1. The van der Waals surface area contributed by atoms with Gasteiger partial charge in [-0.1, -0.05) is 0 Å². The average molecular weight is 347 g/mol. The molecule has 3 rings (SSSR count). The highest BCUT2D eigenvalue weighted by Crippen LogP contribution is 2.33. The quantitative estimate of drug-likeness (QED) is 0.889. The van der Waals surface area contributed by atoms with Crippen molar-refractivity contribution in [2.45, 2.75) is 38.6 Å². The van der Waals surface area contributed by atoms with Crippen LogP contribution in [0, 0.1) is 6.92 Å². The lowest BCUT2D eigenvalue weighted by atomic mass is 10.1. The maximum absolute atomic E-state index is 12.8. The van der Waals surface area contributed by atoms with Crippen molar-refractivity contribution in [2.75, 3.05) is 45.7 Å². The monoisotopic (exact) mass is 347 g/mol. The molecule has 0 aromatic heterocycles. The van der Waals surface area contributed by atoms with Crippen LogP contribution in [0.1, 0.15) is 31.2 Å². The van der Waals surface area contributed by atoms with E-state index in [1.807, 2.05) is 24.0 Å². The second-order valence-corrected chi connectivity index (χ2v) is 6.95. The van der Waals surface area contributed by atoms with Gasteiger partial charge in [0.05, 0.1) is 14.2 Å². The van der Waals surface area contributed by atoms with Gasteiger partial charge >= 0.3 is 6.03 Å². The van der Waals surface area contributed by atoms with Crippen LogP contribution in [0.15, 0.2) is 12.1 Å². The summed E-state index contributed by atoms with van der Waals surface area (Å²) < 4.78 is 10.7. The number of nitrogens with zero attached hydrogens (tertiary/aromatic N) is 2. The molecule has 0 aliphatic carbocycles. The summed E-state index contributed by atoms with van der Waals surface area (Å²) in [4.78, 5) is 17.3. The predicted octanol–water partition coefficient (Wildman–Crippen LogP) is 3.10. The molecule has 6 heteroatoms. The number of anilines is 1. The molecule has 2 aliphatic heterocycles. The van der Waals surface area contributed by atoms with E-state index >= 15 is 0 Å². The van der Waals surface area contributed by atoms with Crippen molar-refractivity contribution in [1.29, 1.82) is 0 Å². The third-order valence-corrected chi connectivity index (χ3v) is 5.28. The van der Waals surface area contributed by atoms with Crippen LogP contribution in [0.25, 0.3) is 0 Å². The van der Waals surface area contributed by atoms with Crippen molar-refractivity contribution in [3.8, 4) is 11.5 Å². The van der Waals surface area contributed by atoms with Crippen LogP contribution in [-0.4, -0.2) is 62.3 Å². The second kappa shape index (κ2) is 7.95. The molecule has 1 N–H and O–H groups in total. The third kappa shape index (κ3) is 4.00. The van der Waals surface area contributed by atoms with Crippen LogP contribution < -0.4 is 14.8 Å². The summed E-state index contributed by atoms with van der Waals surface area (Å²) in [5.74, 6) is 1.30. The van der Waals surface area contributed by atoms with Gasteiger partial charge in [-0.15, -0.1) is 0 Å². The zero-order chi connectivity index (χ0) is 17.8. The zero-order valence-corrected chi connectivity index (χ0v) is 15.5. The number of likely N-dealkylation sites (tertiary alicyclic amines) is 2. The molecule has 138 valence electrons. The van der Waals surface area contributed by atoms with Gasteiger partial charge in [0, 0.05) is 30.9 Å². The van der Waals surface area contributed by atoms with Crippen LogP contribution >= 0.6 is 0 Å². The Morgan fingerprint density at radius 2 is 1.80 bits per heavy atom. The Bertz CT molecular complexity index is 614. The first kappa shape index (κ1) is 17.9. The second-order valence-electron chi connectivity index (χ2n) is 6.95. The molecule has 25 heavy (non-hydrogen) atoms. The highest BCUT2D eigenvalue weighted by molar-refractivity contribution is 5.91. The molecule has 1 atom stereocenters. The molecular weight excluding hydrogens is 318 g/mol. The minimum Gasteiger partial charge on any atom is -0.493 e. The first-order valence-corrected chi connectivity index (χ1v) is 9.15. The molecule has 1 aromatic carbocycles. The number of hydrogen-bond acceptors (Lipinski definition) is 4. The van der Waals surface area contributed by atoms with E-state index in [1.165, 1.54) is 25.9 Å². The van der Waals surface area contributed by atoms with Crippen molar-refractivity contribution < 1.29 is 14.3 Å². The Morgan fingerprint density at radius 1 is 1.12 bits per heavy atom. The van der Waals surface area contributed by atoms with Crippen molar-refractivity contribution in [3.05, 3.63) is 17.7 Å². The molecule has 0 radical (unpaired) electrons. The normalized spacial score (nSPS) is 20.8. The maximum atomic E-state index is 12.8. The highest BCUT2D eigenvalue weighted by Gasteiger charge is 2.31. The standard InChI is InChI=1S/C19H29N3O3/c1-14-11-17(24-2)18(25-3)12-16(14)20-19(23)22-10-6-7-15(22)13-21-8-4-5-9-21/h11-12,15H,4-10,13H2,1-3H3,(H,20,23). The van der Waals surface area contributed by atoms with Gasteiger partial charge in [-0.05, 0) is 57.3 Å². The predicted molar refractivity (Wildman–Crippen MR) is 98.7 cm³/mol. The SMILES string of the molecule is COc1cc(C)c(NC(=O)N2CCCC2CN2CCCC2)cc1OC. The van der Waals surface area contributed by atoms with Gasteiger partial charge in [-0.2, -0.15) is 0 Å². The lowest BCUT2D eigenvalue weighted by Gasteiger charge is -2.29. The number of nitrogens with one attached hydrogen (secondary N) is 1. The van der Waals surface area contributed by atoms with Crippen LogP contribution in [-0.2, 0) is 0 Å². The van der Waals surface area contributed by atoms with E-state index in [0.29, 0.717) is 17.5 Å². The number of hydrogen-bond donors (Lipinski definition) is 1. The number of rotatable bonds is 5. The summed E-state index contributed by atoms with van der Waals surface area (Å²) in [6.07, 6.45) is 4.74. The Labute approximate surface area is 150 Å². The van der Waals surface area contributed by atoms with E-state index < -0.39 is 0 Å². The Morgan fingerprint density at radius 3 is 2.48 bits per heavy atom. The number of ether oxygens (including phenoxy) is 2. The van der Waals surface area contributed by atoms with Gasteiger partial charge in [-0.3, -0.25) is 0 Å². The van der Waals surface area contributed by atoms with Gasteiger partial charge in [0.25, 0.3) is 0 Å². The summed E-state index contributed by atoms with van der Waals surface area (Å²) in [5.41, 5.74) is 1.73. The molecule has 2 amide bonds. The van der Waals surface area contributed by atoms with E-state index in [4.69, 9.17) is 9.47 Å². The molecule has 0 bridgehead atoms. The first-order valence-electron chi connectivity index (χ1n) is 9.15. The van der Waals surface area contributed by atoms with Gasteiger partial charge < -0.3 is 24.6 Å². The highest BCUT2D eigenvalue weighted by atomic mass is 16.5. The summed E-state index contributed by atoms with van der Waals surface area (Å²) in [5, 5.41) is 3.07. The number of carbonyl (C=O) groups is 1. The van der Waals surface area contributed by atoms with E-state index in [2.05, 4.69) is 10.2 Å². The molecule has 2 heterocycles. The summed E-state index contributed by atoms with van der Waals surface area (Å²) in [7, 11) is 3.22. The number of carbonyl (C=O) groups excluding carboxylic acids is 1. The number of benzene rings is 1. The van der Waals surface area contributed by atoms with E-state index in [0.717, 1.165) is 37.2 Å². The summed E-state index contributed by atoms with van der Waals surface area (Å²) in [6.45, 7) is 6.12. The number of amides is 2. The topological polar surface area (TPSA) is 54.0 Å². The smallest absolute Gasteiger partial charge is 0.322 e. The average Bonchev–Trinajstić information content (AvgIpc) is 3.28. The maximum Gasteiger partial charge on any atom is 0.322 e. The number of methoxy groups -OCH3 is 2. The lowest BCUT2D eigenvalue weighted by Crippen LogP contribution is -2.44. The molecule has 0 saturated carbocycles. The van der Waals surface area contributed by atoms with Gasteiger partial charge in [-0.25, -0.2) is 4.79 Å². The van der Waals surface area contributed by atoms with Crippen LogP contribution in [0.4, 0.5) is 10.5 Å². The van der Waals surface area contributed by atoms with Crippen molar-refractivity contribution >= 4 is 11.7 Å². The molecule has 6 nitrogen and oxygen atoms in total. The Balaban J connectivity index is 1.68. The fraction of sp³-hybridized carbons (Fsp3) is 0.632. The van der Waals surface area contributed by atoms with E-state index in [1.54, 1.807) is 14.2 Å². The Kier molecular flexibility index (Phi) is 5.68. The summed E-state index contributed by atoms with van der Waals surface area (Å²) >= 11 is 0. The van der Waals surface area contributed by atoms with Crippen molar-refractivity contribution in [1.82, 2.24) is 9.80 Å². The fourth-order valence-electron chi connectivity index (χ4n) is 3.86. The van der Waals surface area contributed by atoms with Gasteiger partial charge in [0.1, 0.15) is 0 Å². The number of aryl methyl sites for hydroxylation is 1. The van der Waals surface area contributed by atoms with Crippen LogP contribution in [0.3, 0.4) is 0 Å². The Hall–Kier alpha value is -1.95. The van der Waals surface area contributed by atoms with Crippen molar-refractivity contribution in [2.24, 2.45) is 0 Å². The molecule has 1 unspecified atom stereocenters. The largest absolute Gasteiger partial charge is 0.493 e. The van der Waals surface area contributed by atoms with Gasteiger partial charge in [0.2, 0.25) is 0 Å². The van der Waals surface area contributed by atoms with Crippen molar-refractivity contribution in [3.63, 3.8) is 0 Å². The minimum atomic E-state index is -0.0167. The van der Waals surface area contributed by atoms with Crippen LogP contribution in [0.2, 0.25) is 0 Å². The third-order valence-electron chi connectivity index (χ3n) is 5.28. The zero-order valence-electron chi connectivity index (χ0n) is 15.5.